The molecule has 2 rings (SSSR count). The van der Waals surface area contributed by atoms with Crippen molar-refractivity contribution in [3.8, 4) is 0 Å². The van der Waals surface area contributed by atoms with Crippen LogP contribution in [0.2, 0.25) is 0 Å². The van der Waals surface area contributed by atoms with Crippen molar-refractivity contribution < 1.29 is 0 Å². The first-order valence-electron chi connectivity index (χ1n) is 4.89. The van der Waals surface area contributed by atoms with Gasteiger partial charge in [0.2, 0.25) is 0 Å². The maximum atomic E-state index is 5.63. The Bertz CT molecular complexity index is 539. The van der Waals surface area contributed by atoms with E-state index in [0.29, 0.717) is 11.5 Å². The van der Waals surface area contributed by atoms with Crippen molar-refractivity contribution in [3.05, 3.63) is 44.7 Å². The van der Waals surface area contributed by atoms with E-state index < -0.39 is 0 Å². The molecule has 0 atom stereocenters. The monoisotopic (exact) mass is 327 g/mol. The van der Waals surface area contributed by atoms with Gasteiger partial charge >= 0.3 is 0 Å². The molecule has 2 aromatic rings. The van der Waals surface area contributed by atoms with Crippen molar-refractivity contribution in [1.29, 1.82) is 0 Å². The summed E-state index contributed by atoms with van der Waals surface area (Å²) >= 11 is 10.1. The van der Waals surface area contributed by atoms with Crippen LogP contribution >= 0.6 is 39.5 Å². The molecule has 17 heavy (non-hydrogen) atoms. The van der Waals surface area contributed by atoms with E-state index >= 15 is 0 Å². The van der Waals surface area contributed by atoms with E-state index in [9.17, 15) is 0 Å². The second-order valence-electron chi connectivity index (χ2n) is 3.32. The number of hydrogen-bond acceptors (Lipinski definition) is 4. The molecule has 0 fully saturated rings. The molecule has 2 heterocycles. The number of rotatable bonds is 4. The number of thiophene rings is 1. The average Bonchev–Trinajstić information content (AvgIpc) is 2.73. The summed E-state index contributed by atoms with van der Waals surface area (Å²) < 4.78 is 1.12. The number of pyridine rings is 1. The summed E-state index contributed by atoms with van der Waals surface area (Å²) in [6.07, 6.45) is 1.72. The molecule has 0 aromatic carbocycles. The lowest BCUT2D eigenvalue weighted by Crippen LogP contribution is -2.14. The smallest absolute Gasteiger partial charge is 0.136 e. The van der Waals surface area contributed by atoms with Crippen LogP contribution in [0.25, 0.3) is 0 Å². The molecule has 0 aliphatic heterocycles. The van der Waals surface area contributed by atoms with Crippen molar-refractivity contribution in [2.24, 2.45) is 5.73 Å². The number of aromatic nitrogens is 1. The minimum atomic E-state index is 0.355. The zero-order valence-electron chi connectivity index (χ0n) is 8.81. The molecule has 0 aliphatic rings. The zero-order chi connectivity index (χ0) is 12.3. The fraction of sp³-hybridized carbons (Fsp3) is 0.0909. The van der Waals surface area contributed by atoms with Crippen molar-refractivity contribution >= 4 is 50.3 Å². The van der Waals surface area contributed by atoms with Crippen molar-refractivity contribution in [2.75, 3.05) is 5.32 Å². The molecule has 0 spiro atoms. The van der Waals surface area contributed by atoms with Crippen LogP contribution in [0.5, 0.6) is 0 Å². The van der Waals surface area contributed by atoms with Gasteiger partial charge in [0.25, 0.3) is 0 Å². The highest BCUT2D eigenvalue weighted by molar-refractivity contribution is 9.11. The predicted molar refractivity (Wildman–Crippen MR) is 79.5 cm³/mol. The molecule has 2 aromatic heterocycles. The number of nitrogens with two attached hydrogens (primary N) is 1. The topological polar surface area (TPSA) is 50.9 Å². The van der Waals surface area contributed by atoms with E-state index in [-0.39, 0.29) is 0 Å². The predicted octanol–water partition coefficient (Wildman–Crippen LogP) is 3.15. The van der Waals surface area contributed by atoms with Gasteiger partial charge in [0, 0.05) is 11.1 Å². The van der Waals surface area contributed by atoms with E-state index in [1.54, 1.807) is 17.5 Å². The van der Waals surface area contributed by atoms with E-state index in [4.69, 9.17) is 18.0 Å². The van der Waals surface area contributed by atoms with Gasteiger partial charge in [-0.3, -0.25) is 0 Å². The van der Waals surface area contributed by atoms with E-state index in [2.05, 4.69) is 32.3 Å². The van der Waals surface area contributed by atoms with Crippen LogP contribution in [0.1, 0.15) is 10.4 Å². The Labute approximate surface area is 117 Å². The Morgan fingerprint density at radius 2 is 2.29 bits per heavy atom. The fourth-order valence-electron chi connectivity index (χ4n) is 1.36. The normalized spacial score (nSPS) is 10.2. The van der Waals surface area contributed by atoms with E-state index in [1.807, 2.05) is 18.2 Å². The van der Waals surface area contributed by atoms with Gasteiger partial charge in [0.1, 0.15) is 10.8 Å². The Kier molecular flexibility index (Phi) is 4.09. The second kappa shape index (κ2) is 5.57. The molecule has 0 bridgehead atoms. The van der Waals surface area contributed by atoms with Crippen molar-refractivity contribution in [1.82, 2.24) is 4.98 Å². The van der Waals surface area contributed by atoms with Crippen LogP contribution in [0.4, 0.5) is 5.82 Å². The standard InChI is InChI=1S/C11H10BrN3S2/c12-9-4-3-7(17-9)6-15-11-8(10(13)16)2-1-5-14-11/h1-5H,6H2,(H2,13,16)(H,14,15). The SMILES string of the molecule is NC(=S)c1cccnc1NCc1ccc(Br)s1. The Morgan fingerprint density at radius 3 is 2.94 bits per heavy atom. The molecule has 0 saturated carbocycles. The molecule has 0 amide bonds. The average molecular weight is 328 g/mol. The molecule has 3 nitrogen and oxygen atoms in total. The summed E-state index contributed by atoms with van der Waals surface area (Å²) in [4.78, 5) is 5.81. The molecule has 6 heteroatoms. The fourth-order valence-corrected chi connectivity index (χ4v) is 2.95. The third kappa shape index (κ3) is 3.24. The van der Waals surface area contributed by atoms with Gasteiger partial charge in [-0.2, -0.15) is 0 Å². The van der Waals surface area contributed by atoms with Crippen molar-refractivity contribution in [2.45, 2.75) is 6.54 Å². The molecule has 0 aliphatic carbocycles. The van der Waals surface area contributed by atoms with Crippen molar-refractivity contribution in [3.63, 3.8) is 0 Å². The summed E-state index contributed by atoms with van der Waals surface area (Å²) in [7, 11) is 0. The van der Waals surface area contributed by atoms with Crippen LogP contribution in [-0.4, -0.2) is 9.97 Å². The van der Waals surface area contributed by atoms with Gasteiger partial charge in [0.15, 0.2) is 0 Å². The maximum Gasteiger partial charge on any atom is 0.136 e. The third-order valence-corrected chi connectivity index (χ3v) is 3.98. The molecule has 88 valence electrons. The summed E-state index contributed by atoms with van der Waals surface area (Å²) in [5, 5.41) is 3.24. The summed E-state index contributed by atoms with van der Waals surface area (Å²) in [6, 6.07) is 7.77. The van der Waals surface area contributed by atoms with Gasteiger partial charge in [-0.1, -0.05) is 12.2 Å². The lowest BCUT2D eigenvalue weighted by molar-refractivity contribution is 1.14. The number of hydrogen-bond donors (Lipinski definition) is 2. The molecule has 0 saturated heterocycles. The summed E-state index contributed by atoms with van der Waals surface area (Å²) in [5.41, 5.74) is 6.41. The first-order valence-corrected chi connectivity index (χ1v) is 6.91. The highest BCUT2D eigenvalue weighted by Gasteiger charge is 2.05. The number of halogens is 1. The minimum Gasteiger partial charge on any atom is -0.389 e. The number of thiocarbonyl (C=S) groups is 1. The number of anilines is 1. The van der Waals surface area contributed by atoms with Gasteiger partial charge in [-0.25, -0.2) is 4.98 Å². The van der Waals surface area contributed by atoms with Crippen LogP contribution in [-0.2, 0) is 6.54 Å². The first kappa shape index (κ1) is 12.5. The van der Waals surface area contributed by atoms with Crippen LogP contribution in [0, 0.1) is 0 Å². The van der Waals surface area contributed by atoms with Gasteiger partial charge in [-0.15, -0.1) is 11.3 Å². The first-order chi connectivity index (χ1) is 8.16. The van der Waals surface area contributed by atoms with Gasteiger partial charge < -0.3 is 11.1 Å². The Hall–Kier alpha value is -0.980. The molecule has 3 N–H and O–H groups in total. The highest BCUT2D eigenvalue weighted by atomic mass is 79.9. The Balaban J connectivity index is 2.11. The molecular weight excluding hydrogens is 318 g/mol. The molecule has 0 radical (unpaired) electrons. The van der Waals surface area contributed by atoms with Gasteiger partial charge in [0.05, 0.1) is 15.9 Å². The lowest BCUT2D eigenvalue weighted by atomic mass is 10.2. The number of nitrogens with zero attached hydrogens (tertiary/aromatic N) is 1. The molecular formula is C11H10BrN3S2. The van der Waals surface area contributed by atoms with Crippen LogP contribution in [0.3, 0.4) is 0 Å². The highest BCUT2D eigenvalue weighted by Crippen LogP contribution is 2.23. The van der Waals surface area contributed by atoms with E-state index in [1.165, 1.54) is 4.88 Å². The minimum absolute atomic E-state index is 0.355. The third-order valence-electron chi connectivity index (χ3n) is 2.13. The van der Waals surface area contributed by atoms with E-state index in [0.717, 1.165) is 15.2 Å². The zero-order valence-corrected chi connectivity index (χ0v) is 12.0. The van der Waals surface area contributed by atoms with Crippen LogP contribution < -0.4 is 11.1 Å². The number of nitrogens with one attached hydrogen (secondary N) is 1. The summed E-state index contributed by atoms with van der Waals surface area (Å²) in [6.45, 7) is 0.711. The van der Waals surface area contributed by atoms with Crippen LogP contribution in [0.15, 0.2) is 34.2 Å². The van der Waals surface area contributed by atoms with Gasteiger partial charge in [-0.05, 0) is 40.2 Å². The lowest BCUT2D eigenvalue weighted by Gasteiger charge is -2.08. The quantitative estimate of drug-likeness (QED) is 0.847. The Morgan fingerprint density at radius 1 is 1.47 bits per heavy atom. The molecule has 0 unspecified atom stereocenters. The summed E-state index contributed by atoms with van der Waals surface area (Å²) in [5.74, 6) is 0.726. The largest absolute Gasteiger partial charge is 0.389 e. The second-order valence-corrected chi connectivity index (χ2v) is 6.31. The maximum absolute atomic E-state index is 5.63.